The molecule has 5 heteroatoms. The standard InChI is InChI=1S/C15H15ClN4/c1-2-20-13(5-7-19-20)10-18-14-9-12(16)8-11-4-3-6-17-15(11)14/h3-9,18H,2,10H2,1H3. The molecule has 1 N–H and O–H groups in total. The summed E-state index contributed by atoms with van der Waals surface area (Å²) in [6.45, 7) is 3.63. The predicted molar refractivity (Wildman–Crippen MR) is 82.0 cm³/mol. The van der Waals surface area contributed by atoms with Crippen molar-refractivity contribution in [2.75, 3.05) is 5.32 Å². The number of rotatable bonds is 4. The number of nitrogens with zero attached hydrogens (tertiary/aromatic N) is 3. The number of hydrogen-bond donors (Lipinski definition) is 1. The van der Waals surface area contributed by atoms with Crippen LogP contribution >= 0.6 is 11.6 Å². The van der Waals surface area contributed by atoms with E-state index in [4.69, 9.17) is 11.6 Å². The fourth-order valence-electron chi connectivity index (χ4n) is 2.27. The van der Waals surface area contributed by atoms with Gasteiger partial charge in [-0.3, -0.25) is 9.67 Å². The summed E-state index contributed by atoms with van der Waals surface area (Å²) in [6, 6.07) is 9.76. The van der Waals surface area contributed by atoms with Gasteiger partial charge in [-0.15, -0.1) is 0 Å². The molecule has 1 aromatic carbocycles. The van der Waals surface area contributed by atoms with Gasteiger partial charge in [-0.2, -0.15) is 5.10 Å². The molecule has 102 valence electrons. The van der Waals surface area contributed by atoms with Crippen molar-refractivity contribution in [1.29, 1.82) is 0 Å². The Morgan fingerprint density at radius 1 is 1.25 bits per heavy atom. The van der Waals surface area contributed by atoms with Crippen molar-refractivity contribution in [1.82, 2.24) is 14.8 Å². The Kier molecular flexibility index (Phi) is 3.56. The monoisotopic (exact) mass is 286 g/mol. The molecule has 0 bridgehead atoms. The van der Waals surface area contributed by atoms with E-state index in [1.54, 1.807) is 6.20 Å². The minimum absolute atomic E-state index is 0.694. The molecule has 0 aliphatic carbocycles. The minimum Gasteiger partial charge on any atom is -0.378 e. The van der Waals surface area contributed by atoms with Crippen molar-refractivity contribution in [3.05, 3.63) is 53.4 Å². The maximum absolute atomic E-state index is 6.16. The molecule has 0 saturated heterocycles. The lowest BCUT2D eigenvalue weighted by Crippen LogP contribution is -2.08. The minimum atomic E-state index is 0.694. The van der Waals surface area contributed by atoms with Gasteiger partial charge in [-0.25, -0.2) is 0 Å². The van der Waals surface area contributed by atoms with Crippen LogP contribution < -0.4 is 5.32 Å². The molecule has 3 aromatic rings. The number of fused-ring (bicyclic) bond motifs is 1. The molecule has 4 nitrogen and oxygen atoms in total. The van der Waals surface area contributed by atoms with Gasteiger partial charge in [0.2, 0.25) is 0 Å². The molecule has 0 atom stereocenters. The number of halogens is 1. The Labute approximate surface area is 122 Å². The van der Waals surface area contributed by atoms with E-state index in [0.717, 1.165) is 28.8 Å². The summed E-state index contributed by atoms with van der Waals surface area (Å²) in [5.41, 5.74) is 3.01. The van der Waals surface area contributed by atoms with Gasteiger partial charge in [0.25, 0.3) is 0 Å². The van der Waals surface area contributed by atoms with E-state index in [-0.39, 0.29) is 0 Å². The summed E-state index contributed by atoms with van der Waals surface area (Å²) in [5.74, 6) is 0. The maximum atomic E-state index is 6.16. The van der Waals surface area contributed by atoms with Crippen molar-refractivity contribution in [3.8, 4) is 0 Å². The highest BCUT2D eigenvalue weighted by Gasteiger charge is 2.06. The van der Waals surface area contributed by atoms with E-state index in [9.17, 15) is 0 Å². The zero-order valence-electron chi connectivity index (χ0n) is 11.2. The topological polar surface area (TPSA) is 42.7 Å². The van der Waals surface area contributed by atoms with E-state index in [2.05, 4.69) is 22.3 Å². The summed E-state index contributed by atoms with van der Waals surface area (Å²) < 4.78 is 1.97. The first-order chi connectivity index (χ1) is 9.78. The first-order valence-electron chi connectivity index (χ1n) is 6.57. The van der Waals surface area contributed by atoms with Gasteiger partial charge in [-0.1, -0.05) is 17.7 Å². The SMILES string of the molecule is CCn1nccc1CNc1cc(Cl)cc2cccnc12. The molecule has 0 aliphatic rings. The fraction of sp³-hybridized carbons (Fsp3) is 0.200. The molecule has 2 heterocycles. The van der Waals surface area contributed by atoms with Gasteiger partial charge in [0.15, 0.2) is 0 Å². The Hall–Kier alpha value is -2.07. The average molecular weight is 287 g/mol. The smallest absolute Gasteiger partial charge is 0.0934 e. The third kappa shape index (κ3) is 2.47. The Bertz CT molecular complexity index is 736. The van der Waals surface area contributed by atoms with Crippen molar-refractivity contribution >= 4 is 28.2 Å². The van der Waals surface area contributed by atoms with Crippen LogP contribution in [-0.2, 0) is 13.1 Å². The van der Waals surface area contributed by atoms with Gasteiger partial charge in [0.1, 0.15) is 0 Å². The van der Waals surface area contributed by atoms with Crippen molar-refractivity contribution in [2.24, 2.45) is 0 Å². The molecular weight excluding hydrogens is 272 g/mol. The van der Waals surface area contributed by atoms with Crippen molar-refractivity contribution < 1.29 is 0 Å². The molecule has 2 aromatic heterocycles. The zero-order chi connectivity index (χ0) is 13.9. The zero-order valence-corrected chi connectivity index (χ0v) is 11.9. The van der Waals surface area contributed by atoms with Crippen LogP contribution in [0.15, 0.2) is 42.7 Å². The van der Waals surface area contributed by atoms with Crippen LogP contribution in [0.4, 0.5) is 5.69 Å². The van der Waals surface area contributed by atoms with E-state index in [1.807, 2.05) is 41.2 Å². The fourth-order valence-corrected chi connectivity index (χ4v) is 2.50. The normalized spacial score (nSPS) is 10.9. The van der Waals surface area contributed by atoms with Crippen LogP contribution in [0.5, 0.6) is 0 Å². The van der Waals surface area contributed by atoms with Crippen LogP contribution in [0.2, 0.25) is 5.02 Å². The molecule has 0 fully saturated rings. The van der Waals surface area contributed by atoms with Gasteiger partial charge >= 0.3 is 0 Å². The number of nitrogens with one attached hydrogen (secondary N) is 1. The Morgan fingerprint density at radius 2 is 2.15 bits per heavy atom. The molecule has 0 amide bonds. The van der Waals surface area contributed by atoms with Crippen LogP contribution in [0.1, 0.15) is 12.6 Å². The lowest BCUT2D eigenvalue weighted by Gasteiger charge is -2.11. The van der Waals surface area contributed by atoms with Gasteiger partial charge < -0.3 is 5.32 Å². The predicted octanol–water partition coefficient (Wildman–Crippen LogP) is 3.72. The van der Waals surface area contributed by atoms with E-state index >= 15 is 0 Å². The molecular formula is C15H15ClN4. The van der Waals surface area contributed by atoms with Crippen molar-refractivity contribution in [3.63, 3.8) is 0 Å². The highest BCUT2D eigenvalue weighted by Crippen LogP contribution is 2.26. The quantitative estimate of drug-likeness (QED) is 0.795. The highest BCUT2D eigenvalue weighted by atomic mass is 35.5. The first kappa shape index (κ1) is 12.9. The third-order valence-electron chi connectivity index (χ3n) is 3.23. The second-order valence-electron chi connectivity index (χ2n) is 4.52. The summed E-state index contributed by atoms with van der Waals surface area (Å²) in [5, 5.41) is 9.40. The number of benzene rings is 1. The second kappa shape index (κ2) is 5.51. The van der Waals surface area contributed by atoms with E-state index in [1.165, 1.54) is 0 Å². The van der Waals surface area contributed by atoms with E-state index in [0.29, 0.717) is 11.6 Å². The van der Waals surface area contributed by atoms with Gasteiger partial charge in [-0.05, 0) is 31.2 Å². The van der Waals surface area contributed by atoms with Crippen LogP contribution in [-0.4, -0.2) is 14.8 Å². The van der Waals surface area contributed by atoms with E-state index < -0.39 is 0 Å². The third-order valence-corrected chi connectivity index (χ3v) is 3.45. The molecule has 20 heavy (non-hydrogen) atoms. The molecule has 0 saturated carbocycles. The molecule has 3 rings (SSSR count). The summed E-state index contributed by atoms with van der Waals surface area (Å²) in [4.78, 5) is 4.42. The highest BCUT2D eigenvalue weighted by molar-refractivity contribution is 6.31. The second-order valence-corrected chi connectivity index (χ2v) is 4.96. The lowest BCUT2D eigenvalue weighted by molar-refractivity contribution is 0.628. The lowest BCUT2D eigenvalue weighted by atomic mass is 10.2. The largest absolute Gasteiger partial charge is 0.378 e. The number of anilines is 1. The molecule has 0 radical (unpaired) electrons. The average Bonchev–Trinajstić information content (AvgIpc) is 2.92. The number of aromatic nitrogens is 3. The van der Waals surface area contributed by atoms with Gasteiger partial charge in [0, 0.05) is 29.3 Å². The summed E-state index contributed by atoms with van der Waals surface area (Å²) >= 11 is 6.16. The maximum Gasteiger partial charge on any atom is 0.0934 e. The molecule has 0 unspecified atom stereocenters. The van der Waals surface area contributed by atoms with Crippen LogP contribution in [0.3, 0.4) is 0 Å². The Morgan fingerprint density at radius 3 is 3.00 bits per heavy atom. The summed E-state index contributed by atoms with van der Waals surface area (Å²) in [7, 11) is 0. The molecule has 0 spiro atoms. The van der Waals surface area contributed by atoms with Crippen LogP contribution in [0, 0.1) is 0 Å². The van der Waals surface area contributed by atoms with Crippen LogP contribution in [0.25, 0.3) is 10.9 Å². The number of pyridine rings is 1. The Balaban J connectivity index is 1.91. The van der Waals surface area contributed by atoms with Gasteiger partial charge in [0.05, 0.1) is 23.4 Å². The first-order valence-corrected chi connectivity index (χ1v) is 6.94. The summed E-state index contributed by atoms with van der Waals surface area (Å²) in [6.07, 6.45) is 3.60. The van der Waals surface area contributed by atoms with Crippen molar-refractivity contribution in [2.45, 2.75) is 20.0 Å². The number of aryl methyl sites for hydroxylation is 1. The molecule has 0 aliphatic heterocycles. The number of hydrogen-bond acceptors (Lipinski definition) is 3.